The molecule has 0 aliphatic heterocycles. The van der Waals surface area contributed by atoms with Crippen molar-refractivity contribution in [2.75, 3.05) is 6.54 Å². The Labute approximate surface area is 118 Å². The zero-order chi connectivity index (χ0) is 14.8. The first-order valence-electron chi connectivity index (χ1n) is 6.61. The summed E-state index contributed by atoms with van der Waals surface area (Å²) >= 11 is 0. The predicted molar refractivity (Wildman–Crippen MR) is 71.6 cm³/mol. The molecular weight excluding hydrogens is 282 g/mol. The minimum atomic E-state index is -3.61. The second-order valence-corrected chi connectivity index (χ2v) is 7.11. The second-order valence-electron chi connectivity index (χ2n) is 5.34. The van der Waals surface area contributed by atoms with Gasteiger partial charge < -0.3 is 5.11 Å². The molecule has 1 aliphatic rings. The summed E-state index contributed by atoms with van der Waals surface area (Å²) in [6.45, 7) is 2.17. The average Bonchev–Trinajstić information content (AvgIpc) is 2.96. The molecule has 0 saturated heterocycles. The first-order valence-corrected chi connectivity index (χ1v) is 8.09. The van der Waals surface area contributed by atoms with E-state index in [1.165, 1.54) is 12.4 Å². The van der Waals surface area contributed by atoms with Crippen LogP contribution in [-0.4, -0.2) is 35.8 Å². The van der Waals surface area contributed by atoms with E-state index in [1.54, 1.807) is 0 Å². The smallest absolute Gasteiger partial charge is 0.325 e. The van der Waals surface area contributed by atoms with E-state index in [0.29, 0.717) is 6.54 Å². The Kier molecular flexibility index (Phi) is 4.14. The molecule has 0 amide bonds. The normalized spacial score (nSPS) is 17.1. The number of aliphatic carboxylic acids is 1. The molecule has 2 rings (SSSR count). The number of nitrogens with zero attached hydrogens (tertiary/aromatic N) is 2. The van der Waals surface area contributed by atoms with Gasteiger partial charge in [-0.3, -0.25) is 9.48 Å². The van der Waals surface area contributed by atoms with Gasteiger partial charge >= 0.3 is 5.97 Å². The molecule has 1 fully saturated rings. The fourth-order valence-electron chi connectivity index (χ4n) is 2.26. The third kappa shape index (κ3) is 3.57. The lowest BCUT2D eigenvalue weighted by Gasteiger charge is -2.14. The third-order valence-electron chi connectivity index (χ3n) is 3.59. The molecule has 0 bridgehead atoms. The van der Waals surface area contributed by atoms with Crippen LogP contribution in [0.3, 0.4) is 0 Å². The standard InChI is InChI=1S/C12H19N3O4S/c1-2-3-12(4-5-12)9-14-20(18,19)10-6-13-15(7-10)8-11(16)17/h6-7,14H,2-5,8-9H2,1H3,(H,16,17). The Morgan fingerprint density at radius 3 is 2.80 bits per heavy atom. The predicted octanol–water partition coefficient (Wildman–Crippen LogP) is 0.826. The van der Waals surface area contributed by atoms with Crippen molar-refractivity contribution in [1.29, 1.82) is 0 Å². The lowest BCUT2D eigenvalue weighted by molar-refractivity contribution is -0.137. The van der Waals surface area contributed by atoms with E-state index in [2.05, 4.69) is 16.7 Å². The van der Waals surface area contributed by atoms with Gasteiger partial charge in [0.2, 0.25) is 10.0 Å². The van der Waals surface area contributed by atoms with E-state index in [1.807, 2.05) is 0 Å². The molecule has 112 valence electrons. The zero-order valence-corrected chi connectivity index (χ0v) is 12.2. The van der Waals surface area contributed by atoms with Crippen molar-refractivity contribution in [2.24, 2.45) is 5.41 Å². The minimum absolute atomic E-state index is 0.00560. The highest BCUT2D eigenvalue weighted by atomic mass is 32.2. The van der Waals surface area contributed by atoms with Gasteiger partial charge in [0.25, 0.3) is 0 Å². The molecule has 20 heavy (non-hydrogen) atoms. The van der Waals surface area contributed by atoms with E-state index in [0.717, 1.165) is 30.4 Å². The third-order valence-corrected chi connectivity index (χ3v) is 4.95. The summed E-state index contributed by atoms with van der Waals surface area (Å²) in [6.07, 6.45) is 6.58. The molecule has 1 aromatic heterocycles. The van der Waals surface area contributed by atoms with Crippen LogP contribution in [0.5, 0.6) is 0 Å². The van der Waals surface area contributed by atoms with Crippen molar-refractivity contribution in [1.82, 2.24) is 14.5 Å². The maximum Gasteiger partial charge on any atom is 0.325 e. The summed E-state index contributed by atoms with van der Waals surface area (Å²) in [5.74, 6) is -1.06. The fraction of sp³-hybridized carbons (Fsp3) is 0.667. The topological polar surface area (TPSA) is 101 Å². The average molecular weight is 301 g/mol. The Hall–Kier alpha value is -1.41. The van der Waals surface area contributed by atoms with Crippen molar-refractivity contribution in [3.8, 4) is 0 Å². The maximum atomic E-state index is 12.1. The quantitative estimate of drug-likeness (QED) is 0.740. The number of hydrogen-bond acceptors (Lipinski definition) is 4. The summed E-state index contributed by atoms with van der Waals surface area (Å²) in [5.41, 5.74) is 0.124. The molecule has 1 aliphatic carbocycles. The Morgan fingerprint density at radius 1 is 1.55 bits per heavy atom. The first-order chi connectivity index (χ1) is 9.37. The van der Waals surface area contributed by atoms with Gasteiger partial charge in [0.05, 0.1) is 6.20 Å². The summed E-state index contributed by atoms with van der Waals surface area (Å²) in [5, 5.41) is 12.4. The SMILES string of the molecule is CCCC1(CNS(=O)(=O)c2cnn(CC(=O)O)c2)CC1. The van der Waals surface area contributed by atoms with E-state index < -0.39 is 16.0 Å². The molecule has 0 spiro atoms. The molecule has 0 aromatic carbocycles. The van der Waals surface area contributed by atoms with Crippen LogP contribution in [0.1, 0.15) is 32.6 Å². The van der Waals surface area contributed by atoms with Crippen LogP contribution in [0.25, 0.3) is 0 Å². The van der Waals surface area contributed by atoms with Gasteiger partial charge in [0.1, 0.15) is 11.4 Å². The molecule has 2 N–H and O–H groups in total. The summed E-state index contributed by atoms with van der Waals surface area (Å²) in [6, 6.07) is 0. The number of hydrogen-bond donors (Lipinski definition) is 2. The summed E-state index contributed by atoms with van der Waals surface area (Å²) < 4.78 is 27.9. The number of nitrogens with one attached hydrogen (secondary N) is 1. The molecule has 1 saturated carbocycles. The molecule has 8 heteroatoms. The highest BCUT2D eigenvalue weighted by Crippen LogP contribution is 2.49. The van der Waals surface area contributed by atoms with E-state index in [9.17, 15) is 13.2 Å². The highest BCUT2D eigenvalue weighted by molar-refractivity contribution is 7.89. The van der Waals surface area contributed by atoms with E-state index in [4.69, 9.17) is 5.11 Å². The van der Waals surface area contributed by atoms with Gasteiger partial charge in [-0.1, -0.05) is 13.3 Å². The van der Waals surface area contributed by atoms with Crippen LogP contribution in [-0.2, 0) is 21.4 Å². The number of sulfonamides is 1. The van der Waals surface area contributed by atoms with Crippen molar-refractivity contribution < 1.29 is 18.3 Å². The van der Waals surface area contributed by atoms with Crippen LogP contribution in [0, 0.1) is 5.41 Å². The van der Waals surface area contributed by atoms with Crippen LogP contribution >= 0.6 is 0 Å². The van der Waals surface area contributed by atoms with Crippen LogP contribution in [0.15, 0.2) is 17.3 Å². The lowest BCUT2D eigenvalue weighted by atomic mass is 10.0. The Bertz CT molecular complexity index is 590. The van der Waals surface area contributed by atoms with Crippen molar-refractivity contribution in [2.45, 2.75) is 44.0 Å². The van der Waals surface area contributed by atoms with Gasteiger partial charge in [0.15, 0.2) is 0 Å². The van der Waals surface area contributed by atoms with Crippen molar-refractivity contribution in [3.05, 3.63) is 12.4 Å². The zero-order valence-electron chi connectivity index (χ0n) is 11.4. The maximum absolute atomic E-state index is 12.1. The van der Waals surface area contributed by atoms with Gasteiger partial charge in [-0.05, 0) is 24.7 Å². The van der Waals surface area contributed by atoms with Gasteiger partial charge in [-0.15, -0.1) is 0 Å². The minimum Gasteiger partial charge on any atom is -0.480 e. The second kappa shape index (κ2) is 5.53. The number of carboxylic acid groups (broad SMARTS) is 1. The molecule has 0 atom stereocenters. The fourth-order valence-corrected chi connectivity index (χ4v) is 3.37. The lowest BCUT2D eigenvalue weighted by Crippen LogP contribution is -2.30. The molecular formula is C12H19N3O4S. The molecule has 0 unspecified atom stereocenters. The molecule has 1 aromatic rings. The van der Waals surface area contributed by atoms with Crippen LogP contribution in [0.4, 0.5) is 0 Å². The summed E-state index contributed by atoms with van der Waals surface area (Å²) in [7, 11) is -3.61. The van der Waals surface area contributed by atoms with Crippen molar-refractivity contribution in [3.63, 3.8) is 0 Å². The number of carbonyl (C=O) groups is 1. The Morgan fingerprint density at radius 2 is 2.25 bits per heavy atom. The van der Waals surface area contributed by atoms with Gasteiger partial charge in [-0.2, -0.15) is 5.10 Å². The van der Waals surface area contributed by atoms with E-state index in [-0.39, 0.29) is 16.9 Å². The Balaban J connectivity index is 1.99. The molecule has 7 nitrogen and oxygen atoms in total. The van der Waals surface area contributed by atoms with Crippen LogP contribution < -0.4 is 4.72 Å². The first kappa shape index (κ1) is 15.0. The number of rotatable bonds is 8. The summed E-state index contributed by atoms with van der Waals surface area (Å²) in [4.78, 5) is 10.5. The number of aromatic nitrogens is 2. The van der Waals surface area contributed by atoms with E-state index >= 15 is 0 Å². The molecule has 1 heterocycles. The van der Waals surface area contributed by atoms with Crippen LogP contribution in [0.2, 0.25) is 0 Å². The molecule has 0 radical (unpaired) electrons. The largest absolute Gasteiger partial charge is 0.480 e. The monoisotopic (exact) mass is 301 g/mol. The number of carboxylic acids is 1. The highest BCUT2D eigenvalue weighted by Gasteiger charge is 2.42. The van der Waals surface area contributed by atoms with Crippen molar-refractivity contribution >= 4 is 16.0 Å². The van der Waals surface area contributed by atoms with Gasteiger partial charge in [0, 0.05) is 12.7 Å². The van der Waals surface area contributed by atoms with Gasteiger partial charge in [-0.25, -0.2) is 13.1 Å².